The molecule has 0 spiro atoms. The number of hydrogen-bond donors (Lipinski definition) is 3. The Hall–Kier alpha value is -1.85. The van der Waals surface area contributed by atoms with Gasteiger partial charge in [-0.05, 0) is 6.92 Å². The van der Waals surface area contributed by atoms with Crippen LogP contribution in [0, 0.1) is 6.92 Å². The SMILES string of the molecule is Cc1[nH]cnc1C(CC(=O)O)CC(=O)O. The molecule has 0 amide bonds. The van der Waals surface area contributed by atoms with Gasteiger partial charge in [0.05, 0.1) is 24.9 Å². The normalized spacial score (nSPS) is 10.5. The summed E-state index contributed by atoms with van der Waals surface area (Å²) in [6, 6.07) is 0. The van der Waals surface area contributed by atoms with E-state index in [1.807, 2.05) is 0 Å². The first-order valence-corrected chi connectivity index (χ1v) is 4.44. The van der Waals surface area contributed by atoms with Crippen molar-refractivity contribution in [1.82, 2.24) is 9.97 Å². The Labute approximate surface area is 86.0 Å². The van der Waals surface area contributed by atoms with E-state index in [0.29, 0.717) is 11.4 Å². The van der Waals surface area contributed by atoms with Crippen LogP contribution in [0.15, 0.2) is 6.33 Å². The predicted molar refractivity (Wildman–Crippen MR) is 50.6 cm³/mol. The Balaban J connectivity index is 2.85. The van der Waals surface area contributed by atoms with E-state index in [1.54, 1.807) is 6.92 Å². The van der Waals surface area contributed by atoms with Gasteiger partial charge < -0.3 is 15.2 Å². The van der Waals surface area contributed by atoms with Crippen LogP contribution >= 0.6 is 0 Å². The number of carbonyl (C=O) groups is 2. The van der Waals surface area contributed by atoms with E-state index < -0.39 is 17.9 Å². The second kappa shape index (κ2) is 4.59. The molecule has 1 rings (SSSR count). The number of aryl methyl sites for hydroxylation is 1. The second-order valence-electron chi connectivity index (χ2n) is 3.31. The first-order valence-electron chi connectivity index (χ1n) is 4.44. The Bertz CT molecular complexity index is 356. The average molecular weight is 212 g/mol. The number of aliphatic carboxylic acids is 2. The minimum Gasteiger partial charge on any atom is -0.481 e. The van der Waals surface area contributed by atoms with Gasteiger partial charge in [0, 0.05) is 11.6 Å². The maximum atomic E-state index is 10.6. The molecule has 1 aromatic heterocycles. The topological polar surface area (TPSA) is 103 Å². The van der Waals surface area contributed by atoms with Crippen LogP contribution in [0.3, 0.4) is 0 Å². The molecule has 0 aromatic carbocycles. The number of nitrogens with one attached hydrogen (secondary N) is 1. The van der Waals surface area contributed by atoms with Crippen LogP contribution in [-0.4, -0.2) is 32.1 Å². The number of rotatable bonds is 5. The van der Waals surface area contributed by atoms with Gasteiger partial charge in [-0.25, -0.2) is 4.98 Å². The summed E-state index contributed by atoms with van der Waals surface area (Å²) in [5, 5.41) is 17.3. The van der Waals surface area contributed by atoms with Crippen LogP contribution in [0.1, 0.15) is 30.1 Å². The van der Waals surface area contributed by atoms with Gasteiger partial charge in [0.1, 0.15) is 0 Å². The maximum absolute atomic E-state index is 10.6. The number of hydrogen-bond acceptors (Lipinski definition) is 3. The highest BCUT2D eigenvalue weighted by Gasteiger charge is 2.22. The molecule has 1 heterocycles. The third-order valence-electron chi connectivity index (χ3n) is 2.10. The molecule has 0 fully saturated rings. The molecule has 0 saturated carbocycles. The first kappa shape index (κ1) is 11.2. The van der Waals surface area contributed by atoms with Gasteiger partial charge >= 0.3 is 11.9 Å². The minimum absolute atomic E-state index is 0.224. The molecule has 0 atom stereocenters. The van der Waals surface area contributed by atoms with E-state index in [-0.39, 0.29) is 12.8 Å². The number of imidazole rings is 1. The fraction of sp³-hybridized carbons (Fsp3) is 0.444. The molecule has 0 unspecified atom stereocenters. The van der Waals surface area contributed by atoms with E-state index >= 15 is 0 Å². The zero-order valence-corrected chi connectivity index (χ0v) is 8.23. The van der Waals surface area contributed by atoms with Crippen molar-refractivity contribution >= 4 is 11.9 Å². The number of carboxylic acids is 2. The van der Waals surface area contributed by atoms with Crippen LogP contribution < -0.4 is 0 Å². The summed E-state index contributed by atoms with van der Waals surface area (Å²) in [4.78, 5) is 27.9. The molecule has 0 bridgehead atoms. The van der Waals surface area contributed by atoms with Crippen molar-refractivity contribution in [2.75, 3.05) is 0 Å². The molecule has 0 aliphatic carbocycles. The van der Waals surface area contributed by atoms with Crippen molar-refractivity contribution in [3.63, 3.8) is 0 Å². The van der Waals surface area contributed by atoms with E-state index in [1.165, 1.54) is 6.33 Å². The van der Waals surface area contributed by atoms with Crippen molar-refractivity contribution < 1.29 is 19.8 Å². The molecule has 1 aromatic rings. The van der Waals surface area contributed by atoms with E-state index in [0.717, 1.165) is 0 Å². The predicted octanol–water partition coefficient (Wildman–Crippen LogP) is 0.751. The third-order valence-corrected chi connectivity index (χ3v) is 2.10. The smallest absolute Gasteiger partial charge is 0.304 e. The fourth-order valence-electron chi connectivity index (χ4n) is 1.47. The molecular formula is C9H12N2O4. The summed E-state index contributed by atoms with van der Waals surface area (Å²) in [7, 11) is 0. The van der Waals surface area contributed by atoms with Crippen molar-refractivity contribution in [2.24, 2.45) is 0 Å². The minimum atomic E-state index is -1.02. The van der Waals surface area contributed by atoms with Gasteiger partial charge in [-0.15, -0.1) is 0 Å². The van der Waals surface area contributed by atoms with Crippen LogP contribution in [0.5, 0.6) is 0 Å². The lowest BCUT2D eigenvalue weighted by atomic mass is 9.96. The van der Waals surface area contributed by atoms with Crippen molar-refractivity contribution in [1.29, 1.82) is 0 Å². The van der Waals surface area contributed by atoms with Crippen molar-refractivity contribution in [3.8, 4) is 0 Å². The summed E-state index contributed by atoms with van der Waals surface area (Å²) in [6.45, 7) is 1.74. The van der Waals surface area contributed by atoms with Gasteiger partial charge in [-0.1, -0.05) is 0 Å². The molecule has 82 valence electrons. The Morgan fingerprint density at radius 2 is 1.93 bits per heavy atom. The highest BCUT2D eigenvalue weighted by molar-refractivity contribution is 5.72. The van der Waals surface area contributed by atoms with Gasteiger partial charge in [0.15, 0.2) is 0 Å². The van der Waals surface area contributed by atoms with Gasteiger partial charge in [-0.2, -0.15) is 0 Å². The standard InChI is InChI=1S/C9H12N2O4/c1-5-9(11-4-10-5)6(2-7(12)13)3-8(14)15/h4,6H,2-3H2,1H3,(H,10,11)(H,12,13)(H,14,15). The Morgan fingerprint density at radius 1 is 1.40 bits per heavy atom. The Kier molecular flexibility index (Phi) is 3.43. The lowest BCUT2D eigenvalue weighted by Crippen LogP contribution is -2.12. The van der Waals surface area contributed by atoms with E-state index in [9.17, 15) is 9.59 Å². The number of H-pyrrole nitrogens is 1. The van der Waals surface area contributed by atoms with E-state index in [2.05, 4.69) is 9.97 Å². The van der Waals surface area contributed by atoms with Crippen molar-refractivity contribution in [3.05, 3.63) is 17.7 Å². The molecular weight excluding hydrogens is 200 g/mol. The van der Waals surface area contributed by atoms with Crippen LogP contribution in [0.25, 0.3) is 0 Å². The lowest BCUT2D eigenvalue weighted by molar-refractivity contribution is -0.139. The Morgan fingerprint density at radius 3 is 2.27 bits per heavy atom. The molecule has 0 saturated heterocycles. The molecule has 0 aliphatic heterocycles. The number of aromatic amines is 1. The summed E-state index contributed by atoms with van der Waals surface area (Å²) in [5.41, 5.74) is 1.22. The largest absolute Gasteiger partial charge is 0.481 e. The summed E-state index contributed by atoms with van der Waals surface area (Å²) in [5.74, 6) is -2.63. The zero-order chi connectivity index (χ0) is 11.4. The van der Waals surface area contributed by atoms with Crippen LogP contribution in [0.4, 0.5) is 0 Å². The quantitative estimate of drug-likeness (QED) is 0.668. The van der Waals surface area contributed by atoms with Crippen LogP contribution in [0.2, 0.25) is 0 Å². The van der Waals surface area contributed by atoms with E-state index in [4.69, 9.17) is 10.2 Å². The maximum Gasteiger partial charge on any atom is 0.304 e. The number of nitrogens with zero attached hydrogens (tertiary/aromatic N) is 1. The molecule has 3 N–H and O–H groups in total. The summed E-state index contributed by atoms with van der Waals surface area (Å²) < 4.78 is 0. The third kappa shape index (κ3) is 3.08. The fourth-order valence-corrected chi connectivity index (χ4v) is 1.47. The molecule has 0 aliphatic rings. The zero-order valence-electron chi connectivity index (χ0n) is 8.23. The number of carboxylic acid groups (broad SMARTS) is 2. The second-order valence-corrected chi connectivity index (χ2v) is 3.31. The lowest BCUT2D eigenvalue weighted by Gasteiger charge is -2.10. The summed E-state index contributed by atoms with van der Waals surface area (Å²) in [6.07, 6.45) is 0.983. The molecule has 6 nitrogen and oxygen atoms in total. The number of aromatic nitrogens is 2. The van der Waals surface area contributed by atoms with Crippen molar-refractivity contribution in [2.45, 2.75) is 25.7 Å². The molecule has 6 heteroatoms. The van der Waals surface area contributed by atoms with Crippen LogP contribution in [-0.2, 0) is 9.59 Å². The van der Waals surface area contributed by atoms with Gasteiger partial charge in [0.25, 0.3) is 0 Å². The highest BCUT2D eigenvalue weighted by Crippen LogP contribution is 2.23. The first-order chi connectivity index (χ1) is 7.00. The average Bonchev–Trinajstić information content (AvgIpc) is 2.48. The monoisotopic (exact) mass is 212 g/mol. The highest BCUT2D eigenvalue weighted by atomic mass is 16.4. The molecule has 15 heavy (non-hydrogen) atoms. The van der Waals surface area contributed by atoms with Gasteiger partial charge in [0.2, 0.25) is 0 Å². The van der Waals surface area contributed by atoms with Gasteiger partial charge in [-0.3, -0.25) is 9.59 Å². The molecule has 0 radical (unpaired) electrons. The summed E-state index contributed by atoms with van der Waals surface area (Å²) >= 11 is 0.